The molecule has 1 rings (SSSR count). The molecule has 15 heavy (non-hydrogen) atoms. The fourth-order valence-corrected chi connectivity index (χ4v) is 1.64. The standard InChI is InChI=1S/C9H16N4O2/c1-13-5-7(2-3-8(13)4-10)12-15-6-9(11)14/h7-8,12H,2-3,5-6H2,1H3,(H2,11,14)/t7-,8+/m1/s1. The van der Waals surface area contributed by atoms with Crippen molar-refractivity contribution in [3.05, 3.63) is 0 Å². The molecule has 1 saturated heterocycles. The van der Waals surface area contributed by atoms with E-state index in [-0.39, 0.29) is 18.7 Å². The molecule has 1 heterocycles. The van der Waals surface area contributed by atoms with Crippen LogP contribution >= 0.6 is 0 Å². The van der Waals surface area contributed by atoms with E-state index >= 15 is 0 Å². The van der Waals surface area contributed by atoms with Gasteiger partial charge < -0.3 is 5.73 Å². The van der Waals surface area contributed by atoms with Crippen LogP contribution in [-0.4, -0.2) is 43.1 Å². The largest absolute Gasteiger partial charge is 0.368 e. The number of hydrogen-bond donors (Lipinski definition) is 2. The highest BCUT2D eigenvalue weighted by Gasteiger charge is 2.25. The number of rotatable bonds is 4. The van der Waals surface area contributed by atoms with Crippen LogP contribution in [0.1, 0.15) is 12.8 Å². The lowest BCUT2D eigenvalue weighted by atomic mass is 10.0. The van der Waals surface area contributed by atoms with Gasteiger partial charge in [-0.25, -0.2) is 0 Å². The molecule has 0 aromatic heterocycles. The van der Waals surface area contributed by atoms with Gasteiger partial charge in [0, 0.05) is 12.6 Å². The fourth-order valence-electron chi connectivity index (χ4n) is 1.64. The second kappa shape index (κ2) is 5.66. The Morgan fingerprint density at radius 2 is 2.47 bits per heavy atom. The monoisotopic (exact) mass is 212 g/mol. The Balaban J connectivity index is 2.23. The predicted octanol–water partition coefficient (Wildman–Crippen LogP) is -1.02. The molecule has 0 radical (unpaired) electrons. The van der Waals surface area contributed by atoms with Crippen molar-refractivity contribution < 1.29 is 9.63 Å². The molecule has 84 valence electrons. The van der Waals surface area contributed by atoms with Crippen LogP contribution in [0.2, 0.25) is 0 Å². The number of nitrogens with one attached hydrogen (secondary N) is 1. The maximum atomic E-state index is 10.4. The minimum absolute atomic E-state index is 0.0146. The van der Waals surface area contributed by atoms with Crippen molar-refractivity contribution in [1.29, 1.82) is 5.26 Å². The number of hydroxylamine groups is 1. The Hall–Kier alpha value is -1.16. The Bertz CT molecular complexity index is 263. The summed E-state index contributed by atoms with van der Waals surface area (Å²) in [5.74, 6) is -0.499. The van der Waals surface area contributed by atoms with Gasteiger partial charge in [-0.15, -0.1) is 0 Å². The van der Waals surface area contributed by atoms with Crippen LogP contribution in [0.4, 0.5) is 0 Å². The molecule has 0 spiro atoms. The lowest BCUT2D eigenvalue weighted by Gasteiger charge is -2.33. The summed E-state index contributed by atoms with van der Waals surface area (Å²) in [7, 11) is 1.90. The normalized spacial score (nSPS) is 27.2. The van der Waals surface area contributed by atoms with Crippen LogP contribution < -0.4 is 11.2 Å². The molecule has 0 aromatic rings. The average molecular weight is 212 g/mol. The van der Waals surface area contributed by atoms with E-state index in [4.69, 9.17) is 15.8 Å². The van der Waals surface area contributed by atoms with Gasteiger partial charge in [-0.2, -0.15) is 10.7 Å². The zero-order chi connectivity index (χ0) is 11.3. The van der Waals surface area contributed by atoms with Gasteiger partial charge in [0.25, 0.3) is 0 Å². The van der Waals surface area contributed by atoms with E-state index in [0.29, 0.717) is 0 Å². The number of carbonyl (C=O) groups excluding carboxylic acids is 1. The van der Waals surface area contributed by atoms with Crippen LogP contribution in [0.3, 0.4) is 0 Å². The first-order chi connectivity index (χ1) is 7.13. The molecule has 0 aromatic carbocycles. The summed E-state index contributed by atoms with van der Waals surface area (Å²) in [4.78, 5) is 17.3. The van der Waals surface area contributed by atoms with Gasteiger partial charge in [-0.1, -0.05) is 0 Å². The van der Waals surface area contributed by atoms with Crippen molar-refractivity contribution in [3.8, 4) is 6.07 Å². The molecule has 0 saturated carbocycles. The summed E-state index contributed by atoms with van der Waals surface area (Å²) < 4.78 is 0. The molecule has 1 amide bonds. The Morgan fingerprint density at radius 3 is 3.00 bits per heavy atom. The first-order valence-electron chi connectivity index (χ1n) is 4.89. The quantitative estimate of drug-likeness (QED) is 0.582. The number of hydrogen-bond acceptors (Lipinski definition) is 5. The van der Waals surface area contributed by atoms with E-state index in [1.54, 1.807) is 0 Å². The molecule has 1 fully saturated rings. The van der Waals surface area contributed by atoms with Gasteiger partial charge in [0.1, 0.15) is 6.61 Å². The summed E-state index contributed by atoms with van der Waals surface area (Å²) in [5.41, 5.74) is 7.70. The highest BCUT2D eigenvalue weighted by atomic mass is 16.6. The molecule has 0 bridgehead atoms. The molecule has 1 aliphatic heterocycles. The highest BCUT2D eigenvalue weighted by Crippen LogP contribution is 2.14. The van der Waals surface area contributed by atoms with Crippen molar-refractivity contribution in [2.75, 3.05) is 20.2 Å². The van der Waals surface area contributed by atoms with E-state index < -0.39 is 5.91 Å². The average Bonchev–Trinajstić information content (AvgIpc) is 2.17. The maximum absolute atomic E-state index is 10.4. The SMILES string of the molecule is CN1C[C@H](NOCC(N)=O)CC[C@H]1C#N. The van der Waals surface area contributed by atoms with Crippen LogP contribution in [0.15, 0.2) is 0 Å². The number of piperidine rings is 1. The predicted molar refractivity (Wildman–Crippen MR) is 53.3 cm³/mol. The van der Waals surface area contributed by atoms with E-state index in [1.165, 1.54) is 0 Å². The maximum Gasteiger partial charge on any atom is 0.245 e. The minimum Gasteiger partial charge on any atom is -0.368 e. The lowest BCUT2D eigenvalue weighted by Crippen LogP contribution is -2.48. The number of likely N-dealkylation sites (tertiary alicyclic amines) is 1. The number of nitrogens with two attached hydrogens (primary N) is 1. The molecule has 2 atom stereocenters. The van der Waals surface area contributed by atoms with Crippen molar-refractivity contribution in [3.63, 3.8) is 0 Å². The van der Waals surface area contributed by atoms with E-state index in [2.05, 4.69) is 11.5 Å². The second-order valence-electron chi connectivity index (χ2n) is 3.73. The molecule has 0 aliphatic carbocycles. The molecule has 6 heteroatoms. The first-order valence-corrected chi connectivity index (χ1v) is 4.89. The molecule has 3 N–H and O–H groups in total. The number of carbonyl (C=O) groups is 1. The Morgan fingerprint density at radius 1 is 1.73 bits per heavy atom. The summed E-state index contributed by atoms with van der Waals surface area (Å²) >= 11 is 0. The number of primary amides is 1. The van der Waals surface area contributed by atoms with Crippen LogP contribution in [0.25, 0.3) is 0 Å². The van der Waals surface area contributed by atoms with Gasteiger partial charge in [0.15, 0.2) is 0 Å². The number of nitrogens with zero attached hydrogens (tertiary/aromatic N) is 2. The van der Waals surface area contributed by atoms with E-state index in [9.17, 15) is 4.79 Å². The Kier molecular flexibility index (Phi) is 4.49. The smallest absolute Gasteiger partial charge is 0.245 e. The zero-order valence-electron chi connectivity index (χ0n) is 8.77. The van der Waals surface area contributed by atoms with Crippen molar-refractivity contribution >= 4 is 5.91 Å². The summed E-state index contributed by atoms with van der Waals surface area (Å²) in [6.07, 6.45) is 1.67. The van der Waals surface area contributed by atoms with Crippen molar-refractivity contribution in [1.82, 2.24) is 10.4 Å². The molecular weight excluding hydrogens is 196 g/mol. The minimum atomic E-state index is -0.499. The number of nitriles is 1. The van der Waals surface area contributed by atoms with Gasteiger partial charge in [-0.3, -0.25) is 14.5 Å². The summed E-state index contributed by atoms with van der Waals surface area (Å²) in [6, 6.07) is 2.37. The van der Waals surface area contributed by atoms with Crippen LogP contribution in [0, 0.1) is 11.3 Å². The van der Waals surface area contributed by atoms with Crippen molar-refractivity contribution in [2.45, 2.75) is 24.9 Å². The van der Waals surface area contributed by atoms with Crippen LogP contribution in [-0.2, 0) is 9.63 Å². The van der Waals surface area contributed by atoms with E-state index in [1.807, 2.05) is 11.9 Å². The van der Waals surface area contributed by atoms with Gasteiger partial charge >= 0.3 is 0 Å². The van der Waals surface area contributed by atoms with Gasteiger partial charge in [0.05, 0.1) is 12.1 Å². The van der Waals surface area contributed by atoms with Crippen LogP contribution in [0.5, 0.6) is 0 Å². The van der Waals surface area contributed by atoms with Gasteiger partial charge in [0.2, 0.25) is 5.91 Å². The molecule has 6 nitrogen and oxygen atoms in total. The zero-order valence-corrected chi connectivity index (χ0v) is 8.77. The number of amides is 1. The first kappa shape index (κ1) is 11.9. The molecule has 1 aliphatic rings. The molecule has 0 unspecified atom stereocenters. The van der Waals surface area contributed by atoms with Crippen molar-refractivity contribution in [2.24, 2.45) is 5.73 Å². The lowest BCUT2D eigenvalue weighted by molar-refractivity contribution is -0.126. The second-order valence-corrected chi connectivity index (χ2v) is 3.73. The third kappa shape index (κ3) is 3.83. The summed E-state index contributed by atoms with van der Waals surface area (Å²) in [5, 5.41) is 8.79. The molecular formula is C9H16N4O2. The third-order valence-corrected chi connectivity index (χ3v) is 2.44. The fraction of sp³-hybridized carbons (Fsp3) is 0.778. The number of likely N-dealkylation sites (N-methyl/N-ethyl adjacent to an activating group) is 1. The van der Waals surface area contributed by atoms with Gasteiger partial charge in [-0.05, 0) is 19.9 Å². The third-order valence-electron chi connectivity index (χ3n) is 2.44. The topological polar surface area (TPSA) is 91.4 Å². The highest BCUT2D eigenvalue weighted by molar-refractivity contribution is 5.74. The Labute approximate surface area is 88.9 Å². The summed E-state index contributed by atoms with van der Waals surface area (Å²) in [6.45, 7) is 0.610. The van der Waals surface area contributed by atoms with E-state index in [0.717, 1.165) is 19.4 Å².